The second-order valence-electron chi connectivity index (χ2n) is 4.03. The zero-order valence-electron chi connectivity index (χ0n) is 11.2. The van der Waals surface area contributed by atoms with Crippen molar-refractivity contribution in [2.24, 2.45) is 0 Å². The lowest BCUT2D eigenvalue weighted by Crippen LogP contribution is -1.96. The van der Waals surface area contributed by atoms with Gasteiger partial charge in [0.25, 0.3) is 0 Å². The van der Waals surface area contributed by atoms with Gasteiger partial charge in [-0.25, -0.2) is 4.79 Å². The summed E-state index contributed by atoms with van der Waals surface area (Å²) in [6, 6.07) is 0. The molecular weight excluding hydrogens is 219 g/mol. The Hall–Kier alpha value is -0.860. The van der Waals surface area contributed by atoms with Gasteiger partial charge in [0.1, 0.15) is 0 Å². The van der Waals surface area contributed by atoms with Crippen LogP contribution in [0.15, 0.2) is 13.2 Å². The zero-order valence-corrected chi connectivity index (χ0v) is 11.2. The summed E-state index contributed by atoms with van der Waals surface area (Å²) in [6.45, 7) is 8.21. The van der Waals surface area contributed by atoms with Crippen molar-refractivity contribution < 1.29 is 14.3 Å². The van der Waals surface area contributed by atoms with E-state index in [0.29, 0.717) is 0 Å². The Bertz CT molecular complexity index is 160. The van der Waals surface area contributed by atoms with Crippen molar-refractivity contribution >= 4 is 5.97 Å². The number of carbonyl (C=O) groups excluding carboxylic acids is 1. The number of rotatable bonds is 10. The zero-order chi connectivity index (χ0) is 13.4. The Labute approximate surface area is 105 Å². The van der Waals surface area contributed by atoms with E-state index < -0.39 is 5.97 Å². The van der Waals surface area contributed by atoms with Crippen LogP contribution in [0.25, 0.3) is 0 Å². The molecule has 0 aliphatic rings. The maximum Gasteiger partial charge on any atom is 0.348 e. The minimum atomic E-state index is -0.738. The normalized spacial score (nSPS) is 9.29. The molecule has 0 heterocycles. The van der Waals surface area contributed by atoms with Gasteiger partial charge in [-0.2, -0.15) is 0 Å². The first-order valence-electron chi connectivity index (χ1n) is 6.62. The molecule has 102 valence electrons. The maximum absolute atomic E-state index is 11.3. The molecule has 0 aromatic heterocycles. The van der Waals surface area contributed by atoms with Crippen molar-refractivity contribution in [3.63, 3.8) is 0 Å². The molecule has 0 N–H and O–H groups in total. The number of halogens is 1. The van der Waals surface area contributed by atoms with Gasteiger partial charge < -0.3 is 0 Å². The fourth-order valence-electron chi connectivity index (χ4n) is 1.62. The molecule has 2 nitrogen and oxygen atoms in total. The minimum absolute atomic E-state index is 0.215. The second-order valence-corrected chi connectivity index (χ2v) is 4.03. The van der Waals surface area contributed by atoms with Gasteiger partial charge in [0.15, 0.2) is 0 Å². The highest BCUT2D eigenvalue weighted by Crippen LogP contribution is 2.10. The summed E-state index contributed by atoms with van der Waals surface area (Å²) in [6.07, 6.45) is 10.9. The minimum Gasteiger partial charge on any atom is -0.255 e. The van der Waals surface area contributed by atoms with Crippen molar-refractivity contribution in [3.8, 4) is 0 Å². The van der Waals surface area contributed by atoms with E-state index in [1.807, 2.05) is 0 Å². The van der Waals surface area contributed by atoms with E-state index in [1.54, 1.807) is 0 Å². The molecule has 0 saturated carbocycles. The standard InChI is InChI=1S/C12H23FO2.C2H4/c1-2-3-4-5-6-7-8-9-10-11-12(14)15-13;1-2/h2-11H2,1H3;1-2H2. The Kier molecular flexibility index (Phi) is 19.1. The molecule has 0 aliphatic heterocycles. The first kappa shape index (κ1) is 18.5. The van der Waals surface area contributed by atoms with E-state index in [2.05, 4.69) is 25.0 Å². The van der Waals surface area contributed by atoms with E-state index in [4.69, 9.17) is 0 Å². The highest BCUT2D eigenvalue weighted by atomic mass is 19.3. The molecule has 0 unspecified atom stereocenters. The van der Waals surface area contributed by atoms with Crippen LogP contribution in [-0.2, 0) is 9.74 Å². The number of hydrogen-bond donors (Lipinski definition) is 0. The Morgan fingerprint density at radius 3 is 1.76 bits per heavy atom. The number of unbranched alkanes of at least 4 members (excludes halogenated alkanes) is 8. The molecule has 0 fully saturated rings. The molecule has 3 heteroatoms. The highest BCUT2D eigenvalue weighted by molar-refractivity contribution is 5.68. The summed E-state index contributed by atoms with van der Waals surface area (Å²) in [7, 11) is 0. The molecule has 0 aromatic rings. The molecule has 0 rings (SSSR count). The van der Waals surface area contributed by atoms with Crippen molar-refractivity contribution in [1.82, 2.24) is 0 Å². The average Bonchev–Trinajstić information content (AvgIpc) is 2.39. The largest absolute Gasteiger partial charge is 0.348 e. The van der Waals surface area contributed by atoms with E-state index >= 15 is 0 Å². The van der Waals surface area contributed by atoms with Gasteiger partial charge in [0, 0.05) is 10.9 Å². The van der Waals surface area contributed by atoms with Gasteiger partial charge in [-0.1, -0.05) is 58.3 Å². The molecule has 0 spiro atoms. The maximum atomic E-state index is 11.3. The summed E-state index contributed by atoms with van der Waals surface area (Å²) < 4.78 is 11.3. The Morgan fingerprint density at radius 2 is 1.35 bits per heavy atom. The smallest absolute Gasteiger partial charge is 0.255 e. The van der Waals surface area contributed by atoms with Crippen LogP contribution in [0.4, 0.5) is 4.53 Å². The second kappa shape index (κ2) is 17.5. The first-order chi connectivity index (χ1) is 8.31. The van der Waals surface area contributed by atoms with Gasteiger partial charge in [-0.3, -0.25) is 4.94 Å². The van der Waals surface area contributed by atoms with Crippen LogP contribution >= 0.6 is 0 Å². The van der Waals surface area contributed by atoms with Gasteiger partial charge in [-0.05, 0) is 6.42 Å². The Morgan fingerprint density at radius 1 is 0.941 bits per heavy atom. The van der Waals surface area contributed by atoms with Crippen LogP contribution in [0, 0.1) is 0 Å². The van der Waals surface area contributed by atoms with Crippen LogP contribution in [0.3, 0.4) is 0 Å². The summed E-state index contributed by atoms with van der Waals surface area (Å²) in [5.74, 6) is -0.738. The molecule has 0 aliphatic carbocycles. The lowest BCUT2D eigenvalue weighted by atomic mass is 10.1. The van der Waals surface area contributed by atoms with E-state index in [9.17, 15) is 9.32 Å². The van der Waals surface area contributed by atoms with Crippen LogP contribution in [0.5, 0.6) is 0 Å². The molecule has 0 amide bonds. The number of carbonyl (C=O) groups is 1. The average molecular weight is 246 g/mol. The van der Waals surface area contributed by atoms with Gasteiger partial charge in [0.2, 0.25) is 0 Å². The van der Waals surface area contributed by atoms with E-state index in [1.165, 1.54) is 38.5 Å². The van der Waals surface area contributed by atoms with Crippen LogP contribution in [-0.4, -0.2) is 5.97 Å². The highest BCUT2D eigenvalue weighted by Gasteiger charge is 2.01. The van der Waals surface area contributed by atoms with E-state index in [0.717, 1.165) is 19.3 Å². The van der Waals surface area contributed by atoms with Crippen LogP contribution in [0.2, 0.25) is 0 Å². The molecule has 0 radical (unpaired) electrons. The van der Waals surface area contributed by atoms with Gasteiger partial charge in [0.05, 0.1) is 0 Å². The first-order valence-corrected chi connectivity index (χ1v) is 6.62. The van der Waals surface area contributed by atoms with E-state index in [-0.39, 0.29) is 6.42 Å². The predicted molar refractivity (Wildman–Crippen MR) is 70.3 cm³/mol. The van der Waals surface area contributed by atoms with Crippen molar-refractivity contribution in [1.29, 1.82) is 0 Å². The molecule has 0 atom stereocenters. The molecule has 17 heavy (non-hydrogen) atoms. The fourth-order valence-corrected chi connectivity index (χ4v) is 1.62. The van der Waals surface area contributed by atoms with Gasteiger partial charge >= 0.3 is 5.97 Å². The SMILES string of the molecule is C=C.CCCCCCCCCCCC(=O)OF. The van der Waals surface area contributed by atoms with Crippen molar-refractivity contribution in [2.75, 3.05) is 0 Å². The topological polar surface area (TPSA) is 26.3 Å². The van der Waals surface area contributed by atoms with Crippen LogP contribution in [0.1, 0.15) is 71.1 Å². The summed E-state index contributed by atoms with van der Waals surface area (Å²) in [4.78, 5) is 13.5. The monoisotopic (exact) mass is 246 g/mol. The molecular formula is C14H27FO2. The number of hydrogen-bond acceptors (Lipinski definition) is 2. The summed E-state index contributed by atoms with van der Waals surface area (Å²) in [5.41, 5.74) is 0. The van der Waals surface area contributed by atoms with Crippen molar-refractivity contribution in [3.05, 3.63) is 13.2 Å². The lowest BCUT2D eigenvalue weighted by molar-refractivity contribution is -0.183. The third-order valence-corrected chi connectivity index (χ3v) is 2.57. The third-order valence-electron chi connectivity index (χ3n) is 2.57. The fraction of sp³-hybridized carbons (Fsp3) is 0.786. The summed E-state index contributed by atoms with van der Waals surface area (Å²) >= 11 is 0. The quantitative estimate of drug-likeness (QED) is 0.394. The molecule has 0 bridgehead atoms. The predicted octanol–water partition coefficient (Wildman–Crippen LogP) is 5.14. The van der Waals surface area contributed by atoms with Crippen LogP contribution < -0.4 is 0 Å². The van der Waals surface area contributed by atoms with Crippen molar-refractivity contribution in [2.45, 2.75) is 71.1 Å². The Balaban J connectivity index is 0. The third kappa shape index (κ3) is 17.7. The molecule has 0 saturated heterocycles. The van der Waals surface area contributed by atoms with Gasteiger partial charge in [-0.15, -0.1) is 13.2 Å². The molecule has 0 aromatic carbocycles. The lowest BCUT2D eigenvalue weighted by Gasteiger charge is -2.00. The summed E-state index contributed by atoms with van der Waals surface area (Å²) in [5, 5.41) is 0.